The molecule has 0 radical (unpaired) electrons. The van der Waals surface area contributed by atoms with Gasteiger partial charge in [0.05, 0.1) is 21.7 Å². The molecule has 8 bridgehead atoms. The smallest absolute Gasteiger partial charge is 0.118 e. The highest BCUT2D eigenvalue weighted by Crippen LogP contribution is 2.52. The van der Waals surface area contributed by atoms with Gasteiger partial charge in [-0.25, -0.2) is 0 Å². The molecule has 2 saturated carbocycles. The summed E-state index contributed by atoms with van der Waals surface area (Å²) in [5.41, 5.74) is -1.89. The Labute approximate surface area is 246 Å². The van der Waals surface area contributed by atoms with Crippen LogP contribution in [0.1, 0.15) is 124 Å². The molecule has 0 N–H and O–H groups in total. The van der Waals surface area contributed by atoms with E-state index in [9.17, 15) is 0 Å². The molecule has 7 rings (SSSR count). The van der Waals surface area contributed by atoms with E-state index < -0.39 is 10.8 Å². The molecule has 0 saturated heterocycles. The van der Waals surface area contributed by atoms with Crippen molar-refractivity contribution in [2.45, 2.75) is 99.7 Å². The third kappa shape index (κ3) is 3.71. The van der Waals surface area contributed by atoms with E-state index in [-0.39, 0.29) is 10.8 Å². The summed E-state index contributed by atoms with van der Waals surface area (Å²) in [6.45, 7) is 4.24. The number of hydrogen-bond acceptors (Lipinski definition) is 4. The zero-order chi connectivity index (χ0) is 27.6. The highest BCUT2D eigenvalue weighted by atomic mass is 35.5. The Morgan fingerprint density at radius 2 is 0.700 bits per heavy atom. The Morgan fingerprint density at radius 3 is 0.950 bits per heavy atom. The molecule has 2 spiro atoms. The zero-order valence-electron chi connectivity index (χ0n) is 23.5. The summed E-state index contributed by atoms with van der Waals surface area (Å²) in [6, 6.07) is 16.9. The number of halogens is 2. The van der Waals surface area contributed by atoms with Gasteiger partial charge in [0, 0.05) is 11.8 Å². The van der Waals surface area contributed by atoms with Crippen molar-refractivity contribution < 1.29 is 17.7 Å². The molecule has 2 fully saturated rings. The number of furan rings is 4. The average Bonchev–Trinajstić information content (AvgIpc) is 3.83. The second-order valence-electron chi connectivity index (χ2n) is 12.9. The first kappa shape index (κ1) is 26.6. The van der Waals surface area contributed by atoms with Crippen LogP contribution in [0.15, 0.2) is 66.2 Å². The summed E-state index contributed by atoms with van der Waals surface area (Å²) < 4.78 is 27.2. The van der Waals surface area contributed by atoms with E-state index in [2.05, 4.69) is 62.4 Å². The minimum absolute atomic E-state index is 0.332. The second-order valence-corrected chi connectivity index (χ2v) is 13.4. The van der Waals surface area contributed by atoms with Crippen LogP contribution in [0.25, 0.3) is 0 Å². The van der Waals surface area contributed by atoms with Crippen molar-refractivity contribution in [1.29, 1.82) is 0 Å². The summed E-state index contributed by atoms with van der Waals surface area (Å²) >= 11 is 13.5. The van der Waals surface area contributed by atoms with E-state index in [1.54, 1.807) is 0 Å². The maximum atomic E-state index is 6.81. The molecule has 5 heterocycles. The summed E-state index contributed by atoms with van der Waals surface area (Å²) in [6.07, 6.45) is 10.8. The predicted molar refractivity (Wildman–Crippen MR) is 157 cm³/mol. The quantitative estimate of drug-likeness (QED) is 0.221. The molecule has 4 aromatic rings. The van der Waals surface area contributed by atoms with Gasteiger partial charge in [0.1, 0.15) is 46.1 Å². The van der Waals surface area contributed by atoms with Crippen LogP contribution in [0.4, 0.5) is 0 Å². The van der Waals surface area contributed by atoms with Gasteiger partial charge in [-0.15, -0.1) is 23.2 Å². The largest absolute Gasteiger partial charge is 0.464 e. The third-order valence-electron chi connectivity index (χ3n) is 10.4. The number of rotatable bonds is 2. The molecule has 2 aliphatic carbocycles. The number of hydrogen-bond donors (Lipinski definition) is 0. The fourth-order valence-electron chi connectivity index (χ4n) is 7.61. The lowest BCUT2D eigenvalue weighted by Crippen LogP contribution is -2.31. The maximum Gasteiger partial charge on any atom is 0.118 e. The number of alkyl halides is 2. The molecule has 4 nitrogen and oxygen atoms in total. The van der Waals surface area contributed by atoms with Gasteiger partial charge in [0.25, 0.3) is 0 Å². The minimum atomic E-state index is -0.610. The van der Waals surface area contributed by atoms with Crippen LogP contribution in [0.5, 0.6) is 0 Å². The molecule has 3 aliphatic rings. The SMILES string of the molecule is CC1(CCl)c2ccc(o2)C2(CCCCC2)c2ccc(o2)C(C)(CCl)c2ccc(o2)C2(CCCCC2)c2ccc1o2. The van der Waals surface area contributed by atoms with Gasteiger partial charge in [0.2, 0.25) is 0 Å². The topological polar surface area (TPSA) is 52.6 Å². The Hall–Kier alpha value is -2.30. The van der Waals surface area contributed by atoms with Crippen molar-refractivity contribution in [3.8, 4) is 0 Å². The van der Waals surface area contributed by atoms with Crippen molar-refractivity contribution in [2.75, 3.05) is 11.8 Å². The van der Waals surface area contributed by atoms with E-state index in [0.29, 0.717) is 11.8 Å². The lowest BCUT2D eigenvalue weighted by Gasteiger charge is -2.35. The molecule has 0 amide bonds. The van der Waals surface area contributed by atoms with Crippen molar-refractivity contribution in [3.05, 3.63) is 94.6 Å². The summed E-state index contributed by atoms with van der Waals surface area (Å²) in [5, 5.41) is 0. The molecule has 212 valence electrons. The first-order valence-corrected chi connectivity index (χ1v) is 16.0. The van der Waals surface area contributed by atoms with Crippen LogP contribution in [0, 0.1) is 0 Å². The molecule has 4 aromatic heterocycles. The van der Waals surface area contributed by atoms with Gasteiger partial charge in [-0.2, -0.15) is 0 Å². The highest BCUT2D eigenvalue weighted by Gasteiger charge is 2.48. The second kappa shape index (κ2) is 9.63. The van der Waals surface area contributed by atoms with Crippen LogP contribution >= 0.6 is 23.2 Å². The highest BCUT2D eigenvalue weighted by molar-refractivity contribution is 6.19. The normalized spacial score (nSPS) is 27.3. The Morgan fingerprint density at radius 1 is 0.450 bits per heavy atom. The fourth-order valence-corrected chi connectivity index (χ4v) is 8.14. The predicted octanol–water partition coefficient (Wildman–Crippen LogP) is 9.96. The van der Waals surface area contributed by atoms with Crippen LogP contribution in [0.2, 0.25) is 0 Å². The Balaban J connectivity index is 1.48. The van der Waals surface area contributed by atoms with Crippen LogP contribution < -0.4 is 0 Å². The van der Waals surface area contributed by atoms with E-state index in [0.717, 1.165) is 97.4 Å². The van der Waals surface area contributed by atoms with Crippen LogP contribution in [-0.4, -0.2) is 11.8 Å². The molecular formula is C34H38Cl2O4. The molecule has 6 heteroatoms. The molecule has 0 atom stereocenters. The zero-order valence-corrected chi connectivity index (χ0v) is 25.0. The lowest BCUT2D eigenvalue weighted by molar-refractivity contribution is 0.210. The first-order valence-electron chi connectivity index (χ1n) is 14.9. The lowest BCUT2D eigenvalue weighted by atomic mass is 9.70. The van der Waals surface area contributed by atoms with Gasteiger partial charge >= 0.3 is 0 Å². The van der Waals surface area contributed by atoms with Gasteiger partial charge < -0.3 is 17.7 Å². The first-order chi connectivity index (χ1) is 19.4. The molecule has 1 aliphatic heterocycles. The van der Waals surface area contributed by atoms with E-state index in [1.165, 1.54) is 12.8 Å². The average molecular weight is 582 g/mol. The van der Waals surface area contributed by atoms with Crippen LogP contribution in [0.3, 0.4) is 0 Å². The molecular weight excluding hydrogens is 543 g/mol. The monoisotopic (exact) mass is 580 g/mol. The van der Waals surface area contributed by atoms with E-state index >= 15 is 0 Å². The van der Waals surface area contributed by atoms with Crippen molar-refractivity contribution in [1.82, 2.24) is 0 Å². The van der Waals surface area contributed by atoms with Crippen LogP contribution in [-0.2, 0) is 21.7 Å². The molecule has 0 unspecified atom stereocenters. The summed E-state index contributed by atoms with van der Waals surface area (Å²) in [7, 11) is 0. The van der Waals surface area contributed by atoms with Gasteiger partial charge in [-0.05, 0) is 88.1 Å². The van der Waals surface area contributed by atoms with Crippen molar-refractivity contribution in [3.63, 3.8) is 0 Å². The third-order valence-corrected chi connectivity index (χ3v) is 11.5. The standard InChI is InChI=1S/C34H38Cl2O4/c1-31(21-35)23-9-13-27(37-23)33(17-5-3-6-18-33)29-15-11-25(39-29)32(2,22-36)26-12-16-30(40-26)34(19-7-4-8-20-34)28-14-10-24(31)38-28/h9-16H,3-8,17-22H2,1-2H3. The fraction of sp³-hybridized carbons (Fsp3) is 0.529. The van der Waals surface area contributed by atoms with Gasteiger partial charge in [0.15, 0.2) is 0 Å². The summed E-state index contributed by atoms with van der Waals surface area (Å²) in [4.78, 5) is 0. The van der Waals surface area contributed by atoms with Gasteiger partial charge in [-0.3, -0.25) is 0 Å². The van der Waals surface area contributed by atoms with Crippen molar-refractivity contribution in [2.24, 2.45) is 0 Å². The van der Waals surface area contributed by atoms with E-state index in [1.807, 2.05) is 0 Å². The molecule has 0 aromatic carbocycles. The Kier molecular flexibility index (Phi) is 6.40. The summed E-state index contributed by atoms with van der Waals surface area (Å²) in [5.74, 6) is 7.75. The Bertz CT molecular complexity index is 1290. The van der Waals surface area contributed by atoms with Gasteiger partial charge in [-0.1, -0.05) is 38.5 Å². The maximum absolute atomic E-state index is 6.81. The van der Waals surface area contributed by atoms with Crippen molar-refractivity contribution >= 4 is 23.2 Å². The minimum Gasteiger partial charge on any atom is -0.464 e. The number of fused-ring (bicyclic) bond motifs is 12. The van der Waals surface area contributed by atoms with E-state index in [4.69, 9.17) is 40.9 Å². The molecule has 40 heavy (non-hydrogen) atoms.